The topological polar surface area (TPSA) is 56.8 Å². The normalized spacial score (nSPS) is 27.3. The summed E-state index contributed by atoms with van der Waals surface area (Å²) in [5.41, 5.74) is 0. The number of rotatable bonds is 4. The Morgan fingerprint density at radius 2 is 1.83 bits per heavy atom. The van der Waals surface area contributed by atoms with E-state index in [2.05, 4.69) is 5.32 Å². The summed E-state index contributed by atoms with van der Waals surface area (Å²) in [6.45, 7) is 0. The van der Waals surface area contributed by atoms with Crippen LogP contribution in [0.25, 0.3) is 0 Å². The number of alkyl carbamates (subject to hydrolysis) is 1. The molecule has 1 amide bonds. The van der Waals surface area contributed by atoms with Gasteiger partial charge >= 0.3 is 6.09 Å². The molecule has 0 aromatic carbocycles. The van der Waals surface area contributed by atoms with Crippen molar-refractivity contribution in [3.8, 4) is 0 Å². The largest absolute Gasteiger partial charge is 0.446 e. The fourth-order valence-electron chi connectivity index (χ4n) is 2.68. The van der Waals surface area contributed by atoms with E-state index in [1.807, 2.05) is 0 Å². The number of hydrogen-bond donors (Lipinski definition) is 1. The lowest BCUT2D eigenvalue weighted by molar-refractivity contribution is -0.237. The summed E-state index contributed by atoms with van der Waals surface area (Å²) in [6, 6.07) is -0.131. The minimum absolute atomic E-state index is 0.105. The lowest BCUT2D eigenvalue weighted by Crippen LogP contribution is -2.57. The van der Waals surface area contributed by atoms with E-state index in [4.69, 9.17) is 14.2 Å². The van der Waals surface area contributed by atoms with Crippen LogP contribution in [0, 0.1) is 0 Å². The van der Waals surface area contributed by atoms with Crippen molar-refractivity contribution in [2.24, 2.45) is 0 Å². The molecule has 0 aliphatic heterocycles. The summed E-state index contributed by atoms with van der Waals surface area (Å²) >= 11 is 0. The molecule has 0 spiro atoms. The lowest BCUT2D eigenvalue weighted by atomic mass is 9.89. The maximum Gasteiger partial charge on any atom is 0.407 e. The van der Waals surface area contributed by atoms with Gasteiger partial charge in [-0.05, 0) is 32.1 Å². The van der Waals surface area contributed by atoms with Crippen molar-refractivity contribution >= 4 is 6.09 Å². The summed E-state index contributed by atoms with van der Waals surface area (Å²) < 4.78 is 16.3. The minimum atomic E-state index is -0.698. The molecule has 0 heterocycles. The minimum Gasteiger partial charge on any atom is -0.446 e. The maximum atomic E-state index is 11.8. The first-order chi connectivity index (χ1) is 8.70. The number of carbonyl (C=O) groups is 1. The smallest absolute Gasteiger partial charge is 0.407 e. The van der Waals surface area contributed by atoms with Crippen LogP contribution in [0.3, 0.4) is 0 Å². The summed E-state index contributed by atoms with van der Waals surface area (Å²) in [5.74, 6) is -0.698. The van der Waals surface area contributed by atoms with Crippen molar-refractivity contribution in [2.45, 2.75) is 62.9 Å². The Balaban J connectivity index is 1.89. The zero-order valence-electron chi connectivity index (χ0n) is 11.2. The second kappa shape index (κ2) is 5.89. The molecule has 2 rings (SSSR count). The van der Waals surface area contributed by atoms with Crippen molar-refractivity contribution in [3.63, 3.8) is 0 Å². The van der Waals surface area contributed by atoms with Crippen LogP contribution in [0.5, 0.6) is 0 Å². The van der Waals surface area contributed by atoms with Gasteiger partial charge in [0, 0.05) is 20.6 Å². The third-order valence-electron chi connectivity index (χ3n) is 4.11. The van der Waals surface area contributed by atoms with Crippen LogP contribution in [0.2, 0.25) is 0 Å². The lowest BCUT2D eigenvalue weighted by Gasteiger charge is -2.41. The molecule has 2 aliphatic carbocycles. The molecule has 5 heteroatoms. The quantitative estimate of drug-likeness (QED) is 0.784. The van der Waals surface area contributed by atoms with Crippen LogP contribution in [-0.4, -0.2) is 38.2 Å². The first-order valence-corrected chi connectivity index (χ1v) is 6.77. The van der Waals surface area contributed by atoms with E-state index < -0.39 is 5.79 Å². The molecule has 0 aromatic heterocycles. The second-order valence-corrected chi connectivity index (χ2v) is 5.12. The molecule has 0 aromatic rings. The molecule has 5 nitrogen and oxygen atoms in total. The monoisotopic (exact) mass is 257 g/mol. The molecule has 0 saturated heterocycles. The number of hydrogen-bond acceptors (Lipinski definition) is 4. The average molecular weight is 257 g/mol. The van der Waals surface area contributed by atoms with Gasteiger partial charge in [0.1, 0.15) is 6.10 Å². The maximum absolute atomic E-state index is 11.8. The van der Waals surface area contributed by atoms with Crippen molar-refractivity contribution in [3.05, 3.63) is 0 Å². The Bertz CT molecular complexity index is 287. The molecular formula is C13H23NO4. The molecule has 2 saturated carbocycles. The fourth-order valence-corrected chi connectivity index (χ4v) is 2.68. The van der Waals surface area contributed by atoms with Crippen LogP contribution < -0.4 is 5.32 Å². The molecule has 1 N–H and O–H groups in total. The van der Waals surface area contributed by atoms with Gasteiger partial charge in [-0.15, -0.1) is 0 Å². The van der Waals surface area contributed by atoms with Crippen molar-refractivity contribution in [1.82, 2.24) is 5.32 Å². The van der Waals surface area contributed by atoms with Crippen molar-refractivity contribution in [1.29, 1.82) is 0 Å². The van der Waals surface area contributed by atoms with Crippen molar-refractivity contribution in [2.75, 3.05) is 14.2 Å². The van der Waals surface area contributed by atoms with Crippen LogP contribution in [0.4, 0.5) is 4.79 Å². The fraction of sp³-hybridized carbons (Fsp3) is 0.923. The second-order valence-electron chi connectivity index (χ2n) is 5.12. The van der Waals surface area contributed by atoms with Gasteiger partial charge in [0.05, 0.1) is 6.04 Å². The van der Waals surface area contributed by atoms with E-state index >= 15 is 0 Å². The van der Waals surface area contributed by atoms with E-state index in [0.29, 0.717) is 0 Å². The Morgan fingerprint density at radius 3 is 2.39 bits per heavy atom. The summed E-state index contributed by atoms with van der Waals surface area (Å²) in [5, 5.41) is 2.90. The summed E-state index contributed by atoms with van der Waals surface area (Å²) in [6.07, 6.45) is 6.67. The molecular weight excluding hydrogens is 234 g/mol. The van der Waals surface area contributed by atoms with Gasteiger partial charge in [-0.25, -0.2) is 4.79 Å². The SMILES string of the molecule is COC1(OC)CCCC[C@@H]1NC(=O)OC1CCC1. The molecule has 0 radical (unpaired) electrons. The highest BCUT2D eigenvalue weighted by molar-refractivity contribution is 5.68. The predicted octanol–water partition coefficient (Wildman–Crippen LogP) is 2.20. The Kier molecular flexibility index (Phi) is 4.45. The Morgan fingerprint density at radius 1 is 1.11 bits per heavy atom. The number of carbonyl (C=O) groups excluding carboxylic acids is 1. The number of amides is 1. The van der Waals surface area contributed by atoms with Crippen LogP contribution in [-0.2, 0) is 14.2 Å². The number of methoxy groups -OCH3 is 2. The molecule has 0 unspecified atom stereocenters. The molecule has 2 aliphatic rings. The standard InChI is InChI=1S/C13H23NO4/c1-16-13(17-2)9-4-3-8-11(13)14-12(15)18-10-6-5-7-10/h10-11H,3-9H2,1-2H3,(H,14,15)/t11-/m0/s1. The van der Waals surface area contributed by atoms with Gasteiger partial charge in [-0.2, -0.15) is 0 Å². The van der Waals surface area contributed by atoms with Gasteiger partial charge in [0.2, 0.25) is 0 Å². The zero-order valence-corrected chi connectivity index (χ0v) is 11.2. The van der Waals surface area contributed by atoms with Crippen LogP contribution in [0.1, 0.15) is 44.9 Å². The first-order valence-electron chi connectivity index (χ1n) is 6.77. The van der Waals surface area contributed by atoms with E-state index in [9.17, 15) is 4.79 Å². The third kappa shape index (κ3) is 2.78. The van der Waals surface area contributed by atoms with Gasteiger partial charge in [0.25, 0.3) is 0 Å². The van der Waals surface area contributed by atoms with Crippen LogP contribution in [0.15, 0.2) is 0 Å². The summed E-state index contributed by atoms with van der Waals surface area (Å²) in [7, 11) is 3.25. The van der Waals surface area contributed by atoms with E-state index in [1.54, 1.807) is 14.2 Å². The molecule has 18 heavy (non-hydrogen) atoms. The highest BCUT2D eigenvalue weighted by Gasteiger charge is 2.42. The average Bonchev–Trinajstić information content (AvgIpc) is 2.35. The predicted molar refractivity (Wildman–Crippen MR) is 66.3 cm³/mol. The van der Waals surface area contributed by atoms with Crippen molar-refractivity contribution < 1.29 is 19.0 Å². The Hall–Kier alpha value is -0.810. The molecule has 0 bridgehead atoms. The van der Waals surface area contributed by atoms with E-state index in [0.717, 1.165) is 44.9 Å². The van der Waals surface area contributed by atoms with Gasteiger partial charge in [-0.3, -0.25) is 0 Å². The molecule has 2 fully saturated rings. The van der Waals surface area contributed by atoms with Gasteiger partial charge < -0.3 is 19.5 Å². The van der Waals surface area contributed by atoms with E-state index in [1.165, 1.54) is 0 Å². The van der Waals surface area contributed by atoms with Gasteiger partial charge in [0.15, 0.2) is 5.79 Å². The zero-order chi connectivity index (χ0) is 13.0. The third-order valence-corrected chi connectivity index (χ3v) is 4.11. The molecule has 1 atom stereocenters. The van der Waals surface area contributed by atoms with Gasteiger partial charge in [-0.1, -0.05) is 6.42 Å². The van der Waals surface area contributed by atoms with E-state index in [-0.39, 0.29) is 18.2 Å². The highest BCUT2D eigenvalue weighted by Crippen LogP contribution is 2.32. The van der Waals surface area contributed by atoms with Crippen LogP contribution >= 0.6 is 0 Å². The highest BCUT2D eigenvalue weighted by atomic mass is 16.7. The molecule has 104 valence electrons. The summed E-state index contributed by atoms with van der Waals surface area (Å²) in [4.78, 5) is 11.8. The Labute approximate surface area is 108 Å². The number of nitrogens with one attached hydrogen (secondary N) is 1. The number of ether oxygens (including phenoxy) is 3. The first kappa shape index (κ1) is 13.6.